The molecule has 3 nitrogen and oxygen atoms in total. The van der Waals surface area contributed by atoms with E-state index in [1.54, 1.807) is 0 Å². The maximum atomic E-state index is 5.63. The first-order valence-corrected chi connectivity index (χ1v) is 5.41. The summed E-state index contributed by atoms with van der Waals surface area (Å²) in [6, 6.07) is 10.2. The van der Waals surface area contributed by atoms with Gasteiger partial charge < -0.3 is 0 Å². The van der Waals surface area contributed by atoms with Gasteiger partial charge in [0.1, 0.15) is 0 Å². The van der Waals surface area contributed by atoms with Crippen molar-refractivity contribution in [3.8, 4) is 0 Å². The van der Waals surface area contributed by atoms with Gasteiger partial charge >= 0.3 is 0 Å². The zero-order valence-electron chi connectivity index (χ0n) is 8.31. The van der Waals surface area contributed by atoms with Gasteiger partial charge in [0, 0.05) is 18.5 Å². The average Bonchev–Trinajstić information content (AvgIpc) is 2.68. The number of aromatic nitrogens is 3. The number of alkyl halides is 1. The first-order valence-electron chi connectivity index (χ1n) is 4.87. The van der Waals surface area contributed by atoms with Crippen LogP contribution in [0.3, 0.4) is 0 Å². The van der Waals surface area contributed by atoms with Gasteiger partial charge in [-0.2, -0.15) is 0 Å². The van der Waals surface area contributed by atoms with Gasteiger partial charge in [-0.3, -0.25) is 0 Å². The SMILES string of the molecule is ClCCc1cn(Cc2ccccc2)nn1. The van der Waals surface area contributed by atoms with E-state index >= 15 is 0 Å². The first kappa shape index (κ1) is 10.2. The van der Waals surface area contributed by atoms with E-state index in [4.69, 9.17) is 11.6 Å². The smallest absolute Gasteiger partial charge is 0.0839 e. The monoisotopic (exact) mass is 221 g/mol. The van der Waals surface area contributed by atoms with Crippen LogP contribution in [-0.2, 0) is 13.0 Å². The molecule has 0 fully saturated rings. The van der Waals surface area contributed by atoms with Gasteiger partial charge in [0.05, 0.1) is 12.2 Å². The number of hydrogen-bond acceptors (Lipinski definition) is 2. The number of benzene rings is 1. The fourth-order valence-electron chi connectivity index (χ4n) is 1.40. The molecule has 0 N–H and O–H groups in total. The van der Waals surface area contributed by atoms with Crippen molar-refractivity contribution >= 4 is 11.6 Å². The molecule has 4 heteroatoms. The number of nitrogens with zero attached hydrogens (tertiary/aromatic N) is 3. The van der Waals surface area contributed by atoms with Gasteiger partial charge in [0.15, 0.2) is 0 Å². The van der Waals surface area contributed by atoms with Crippen molar-refractivity contribution in [2.24, 2.45) is 0 Å². The predicted molar refractivity (Wildman–Crippen MR) is 60.0 cm³/mol. The molecule has 2 aromatic rings. The Bertz CT molecular complexity index is 411. The highest BCUT2D eigenvalue weighted by molar-refractivity contribution is 6.17. The van der Waals surface area contributed by atoms with Crippen LogP contribution in [0.1, 0.15) is 11.3 Å². The zero-order chi connectivity index (χ0) is 10.5. The molecule has 0 saturated carbocycles. The van der Waals surface area contributed by atoms with Crippen LogP contribution in [0.25, 0.3) is 0 Å². The third kappa shape index (κ3) is 2.80. The van der Waals surface area contributed by atoms with Crippen molar-refractivity contribution in [3.63, 3.8) is 0 Å². The fraction of sp³-hybridized carbons (Fsp3) is 0.273. The van der Waals surface area contributed by atoms with Crippen molar-refractivity contribution < 1.29 is 0 Å². The Kier molecular flexibility index (Phi) is 3.35. The Morgan fingerprint density at radius 1 is 1.20 bits per heavy atom. The zero-order valence-corrected chi connectivity index (χ0v) is 9.06. The summed E-state index contributed by atoms with van der Waals surface area (Å²) in [6.07, 6.45) is 2.71. The molecule has 0 saturated heterocycles. The molecule has 1 heterocycles. The molecule has 1 aromatic heterocycles. The third-order valence-corrected chi connectivity index (χ3v) is 2.31. The van der Waals surface area contributed by atoms with Gasteiger partial charge in [-0.25, -0.2) is 4.68 Å². The van der Waals surface area contributed by atoms with Crippen LogP contribution in [0.2, 0.25) is 0 Å². The van der Waals surface area contributed by atoms with Crippen molar-refractivity contribution in [2.75, 3.05) is 5.88 Å². The summed E-state index contributed by atoms with van der Waals surface area (Å²) in [5.41, 5.74) is 2.17. The van der Waals surface area contributed by atoms with Gasteiger partial charge in [0.2, 0.25) is 0 Å². The minimum atomic E-state index is 0.587. The lowest BCUT2D eigenvalue weighted by Crippen LogP contribution is -1.99. The summed E-state index contributed by atoms with van der Waals surface area (Å²) in [5.74, 6) is 0.587. The Morgan fingerprint density at radius 3 is 2.73 bits per heavy atom. The molecule has 0 unspecified atom stereocenters. The average molecular weight is 222 g/mol. The number of hydrogen-bond donors (Lipinski definition) is 0. The second-order valence-electron chi connectivity index (χ2n) is 3.33. The molecule has 0 spiro atoms. The number of rotatable bonds is 4. The van der Waals surface area contributed by atoms with Gasteiger partial charge in [-0.1, -0.05) is 35.5 Å². The van der Waals surface area contributed by atoms with E-state index < -0.39 is 0 Å². The summed E-state index contributed by atoms with van der Waals surface area (Å²) < 4.78 is 1.83. The molecule has 2 rings (SSSR count). The van der Waals surface area contributed by atoms with E-state index in [0.717, 1.165) is 18.7 Å². The van der Waals surface area contributed by atoms with E-state index in [1.807, 2.05) is 29.1 Å². The molecule has 0 aliphatic carbocycles. The second kappa shape index (κ2) is 4.94. The second-order valence-corrected chi connectivity index (χ2v) is 3.71. The number of aryl methyl sites for hydroxylation is 1. The minimum absolute atomic E-state index is 0.587. The topological polar surface area (TPSA) is 30.7 Å². The molecular weight excluding hydrogens is 210 g/mol. The Morgan fingerprint density at radius 2 is 2.00 bits per heavy atom. The maximum absolute atomic E-state index is 5.63. The van der Waals surface area contributed by atoms with E-state index in [-0.39, 0.29) is 0 Å². The fourth-order valence-corrected chi connectivity index (χ4v) is 1.59. The van der Waals surface area contributed by atoms with Gasteiger partial charge in [0.25, 0.3) is 0 Å². The van der Waals surface area contributed by atoms with Crippen LogP contribution in [0.5, 0.6) is 0 Å². The van der Waals surface area contributed by atoms with Crippen LogP contribution in [0.4, 0.5) is 0 Å². The summed E-state index contributed by atoms with van der Waals surface area (Å²) in [7, 11) is 0. The van der Waals surface area contributed by atoms with E-state index in [2.05, 4.69) is 22.4 Å². The van der Waals surface area contributed by atoms with E-state index in [9.17, 15) is 0 Å². The highest BCUT2D eigenvalue weighted by Gasteiger charge is 2.00. The van der Waals surface area contributed by atoms with E-state index in [1.165, 1.54) is 5.56 Å². The highest BCUT2D eigenvalue weighted by atomic mass is 35.5. The molecule has 78 valence electrons. The lowest BCUT2D eigenvalue weighted by atomic mass is 10.2. The molecule has 0 radical (unpaired) electrons. The molecule has 0 amide bonds. The Labute approximate surface area is 93.7 Å². The minimum Gasteiger partial charge on any atom is -0.248 e. The molecule has 15 heavy (non-hydrogen) atoms. The van der Waals surface area contributed by atoms with Gasteiger partial charge in [-0.15, -0.1) is 16.7 Å². The normalized spacial score (nSPS) is 10.5. The molecule has 0 atom stereocenters. The summed E-state index contributed by atoms with van der Waals surface area (Å²) in [6.45, 7) is 0.760. The summed E-state index contributed by atoms with van der Waals surface area (Å²) >= 11 is 5.63. The molecule has 1 aromatic carbocycles. The van der Waals surface area contributed by atoms with Crippen molar-refractivity contribution in [3.05, 3.63) is 47.8 Å². The lowest BCUT2D eigenvalue weighted by molar-refractivity contribution is 0.649. The first-order chi connectivity index (χ1) is 7.38. The van der Waals surface area contributed by atoms with Crippen LogP contribution in [0.15, 0.2) is 36.5 Å². The van der Waals surface area contributed by atoms with Crippen LogP contribution in [-0.4, -0.2) is 20.9 Å². The molecule has 0 bridgehead atoms. The quantitative estimate of drug-likeness (QED) is 0.741. The summed E-state index contributed by atoms with van der Waals surface area (Å²) in [4.78, 5) is 0. The molecular formula is C11H12ClN3. The van der Waals surface area contributed by atoms with Crippen molar-refractivity contribution in [1.82, 2.24) is 15.0 Å². The molecule has 0 aliphatic heterocycles. The van der Waals surface area contributed by atoms with Crippen LogP contribution >= 0.6 is 11.6 Å². The van der Waals surface area contributed by atoms with Crippen LogP contribution < -0.4 is 0 Å². The Balaban J connectivity index is 2.05. The maximum Gasteiger partial charge on any atom is 0.0839 e. The number of halogens is 1. The van der Waals surface area contributed by atoms with Crippen molar-refractivity contribution in [1.29, 1.82) is 0 Å². The summed E-state index contributed by atoms with van der Waals surface area (Å²) in [5, 5.41) is 8.07. The Hall–Kier alpha value is -1.35. The lowest BCUT2D eigenvalue weighted by Gasteiger charge is -1.99. The highest BCUT2D eigenvalue weighted by Crippen LogP contribution is 2.02. The standard InChI is InChI=1S/C11H12ClN3/c12-7-6-11-9-15(14-13-11)8-10-4-2-1-3-5-10/h1-5,9H,6-8H2. The predicted octanol–water partition coefficient (Wildman–Crippen LogP) is 2.11. The largest absolute Gasteiger partial charge is 0.248 e. The third-order valence-electron chi connectivity index (χ3n) is 2.12. The van der Waals surface area contributed by atoms with Crippen molar-refractivity contribution in [2.45, 2.75) is 13.0 Å². The molecule has 0 aliphatic rings. The van der Waals surface area contributed by atoms with Gasteiger partial charge in [-0.05, 0) is 5.56 Å². The van der Waals surface area contributed by atoms with Crippen LogP contribution in [0, 0.1) is 0 Å². The van der Waals surface area contributed by atoms with E-state index in [0.29, 0.717) is 5.88 Å².